The fourth-order valence-electron chi connectivity index (χ4n) is 2.47. The minimum Gasteiger partial charge on any atom is -0.444 e. The summed E-state index contributed by atoms with van der Waals surface area (Å²) in [6.07, 6.45) is -0.0288. The molecule has 24 heavy (non-hydrogen) atoms. The van der Waals surface area contributed by atoms with Gasteiger partial charge in [-0.25, -0.2) is 9.59 Å². The van der Waals surface area contributed by atoms with Gasteiger partial charge in [0.1, 0.15) is 5.60 Å². The molecule has 1 N–H and O–H groups in total. The molecule has 0 atom stereocenters. The molecule has 0 aliphatic carbocycles. The Labute approximate surface area is 140 Å². The maximum atomic E-state index is 12.0. The Bertz CT molecular complexity index is 518. The zero-order valence-corrected chi connectivity index (χ0v) is 14.2. The highest BCUT2D eigenvalue weighted by Crippen LogP contribution is 2.16. The van der Waals surface area contributed by atoms with Crippen molar-refractivity contribution in [2.75, 3.05) is 13.1 Å². The van der Waals surface area contributed by atoms with Gasteiger partial charge in [-0.05, 0) is 33.6 Å². The summed E-state index contributed by atoms with van der Waals surface area (Å²) in [6.45, 7) is 6.30. The van der Waals surface area contributed by atoms with Gasteiger partial charge in [-0.15, -0.1) is 5.06 Å². The van der Waals surface area contributed by atoms with E-state index in [1.54, 1.807) is 25.7 Å². The first-order chi connectivity index (χ1) is 11.2. The molecule has 0 aromatic carbocycles. The Morgan fingerprint density at radius 3 is 2.12 bits per heavy atom. The fourth-order valence-corrected chi connectivity index (χ4v) is 2.47. The van der Waals surface area contributed by atoms with Gasteiger partial charge in [0.05, 0.1) is 0 Å². The highest BCUT2D eigenvalue weighted by molar-refractivity contribution is 6.01. The van der Waals surface area contributed by atoms with Crippen molar-refractivity contribution in [2.24, 2.45) is 0 Å². The van der Waals surface area contributed by atoms with Gasteiger partial charge >= 0.3 is 12.2 Å². The first-order valence-electron chi connectivity index (χ1n) is 7.98. The molecule has 2 rings (SSSR count). The monoisotopic (exact) mass is 341 g/mol. The Morgan fingerprint density at radius 2 is 1.62 bits per heavy atom. The molecule has 2 aliphatic heterocycles. The molecule has 0 bridgehead atoms. The van der Waals surface area contributed by atoms with Gasteiger partial charge in [0, 0.05) is 32.0 Å². The lowest BCUT2D eigenvalue weighted by Crippen LogP contribution is -2.49. The largest absolute Gasteiger partial charge is 0.444 e. The van der Waals surface area contributed by atoms with Crippen LogP contribution in [0.15, 0.2) is 0 Å². The highest BCUT2D eigenvalue weighted by Gasteiger charge is 2.34. The number of likely N-dealkylation sites (tertiary alicyclic amines) is 1. The van der Waals surface area contributed by atoms with Crippen molar-refractivity contribution >= 4 is 24.0 Å². The van der Waals surface area contributed by atoms with Crippen LogP contribution in [0.5, 0.6) is 0 Å². The van der Waals surface area contributed by atoms with Crippen LogP contribution in [0.4, 0.5) is 9.59 Å². The second-order valence-corrected chi connectivity index (χ2v) is 6.85. The summed E-state index contributed by atoms with van der Waals surface area (Å²) >= 11 is 0. The Balaban J connectivity index is 1.74. The van der Waals surface area contributed by atoms with E-state index in [0.29, 0.717) is 31.0 Å². The minimum atomic E-state index is -0.839. The van der Waals surface area contributed by atoms with E-state index in [9.17, 15) is 19.2 Å². The smallest absolute Gasteiger partial charge is 0.432 e. The van der Waals surface area contributed by atoms with Crippen molar-refractivity contribution in [2.45, 2.75) is 58.1 Å². The van der Waals surface area contributed by atoms with Crippen molar-refractivity contribution in [1.29, 1.82) is 0 Å². The van der Waals surface area contributed by atoms with Crippen LogP contribution in [0.1, 0.15) is 46.5 Å². The first kappa shape index (κ1) is 18.0. The van der Waals surface area contributed by atoms with E-state index < -0.39 is 23.5 Å². The molecule has 134 valence electrons. The van der Waals surface area contributed by atoms with E-state index in [0.717, 1.165) is 0 Å². The summed E-state index contributed by atoms with van der Waals surface area (Å²) in [5.74, 6) is -1.04. The highest BCUT2D eigenvalue weighted by atomic mass is 16.7. The molecule has 0 unspecified atom stereocenters. The number of ether oxygens (including phenoxy) is 1. The van der Waals surface area contributed by atoms with Crippen LogP contribution >= 0.6 is 0 Å². The standard InChI is InChI=1S/C15H23N3O6/c1-15(2,3)23-14(22)17-8-6-10(7-9-17)16-13(21)24-18-11(19)4-5-12(18)20/h10H,4-9H2,1-3H3,(H,16,21). The van der Waals surface area contributed by atoms with E-state index in [-0.39, 0.29) is 25.0 Å². The van der Waals surface area contributed by atoms with Crippen molar-refractivity contribution in [3.05, 3.63) is 0 Å². The third-order valence-corrected chi connectivity index (χ3v) is 3.65. The summed E-state index contributed by atoms with van der Waals surface area (Å²) < 4.78 is 5.30. The molecule has 0 radical (unpaired) electrons. The molecule has 9 heteroatoms. The van der Waals surface area contributed by atoms with Crippen LogP contribution in [0, 0.1) is 0 Å². The quantitative estimate of drug-likeness (QED) is 0.756. The molecule has 9 nitrogen and oxygen atoms in total. The summed E-state index contributed by atoms with van der Waals surface area (Å²) in [6, 6.07) is -0.191. The molecular formula is C15H23N3O6. The van der Waals surface area contributed by atoms with Crippen LogP contribution in [0.25, 0.3) is 0 Å². The third-order valence-electron chi connectivity index (χ3n) is 3.65. The zero-order chi connectivity index (χ0) is 17.9. The number of carbonyl (C=O) groups excluding carboxylic acids is 4. The van der Waals surface area contributed by atoms with Gasteiger partial charge in [0.25, 0.3) is 11.8 Å². The molecule has 4 amide bonds. The predicted molar refractivity (Wildman–Crippen MR) is 81.5 cm³/mol. The van der Waals surface area contributed by atoms with Gasteiger partial charge < -0.3 is 19.8 Å². The zero-order valence-electron chi connectivity index (χ0n) is 14.2. The molecule has 0 aromatic heterocycles. The van der Waals surface area contributed by atoms with E-state index >= 15 is 0 Å². The van der Waals surface area contributed by atoms with E-state index in [4.69, 9.17) is 9.57 Å². The normalized spacial score (nSPS) is 19.5. The third kappa shape index (κ3) is 4.84. The maximum Gasteiger partial charge on any atom is 0.432 e. The van der Waals surface area contributed by atoms with E-state index in [1.165, 1.54) is 0 Å². The second-order valence-electron chi connectivity index (χ2n) is 6.85. The number of hydroxylamine groups is 2. The lowest BCUT2D eigenvalue weighted by molar-refractivity contribution is -0.171. The van der Waals surface area contributed by atoms with Crippen molar-refractivity contribution in [1.82, 2.24) is 15.3 Å². The van der Waals surface area contributed by atoms with Crippen LogP contribution in [0.3, 0.4) is 0 Å². The lowest BCUT2D eigenvalue weighted by atomic mass is 10.1. The number of amides is 4. The van der Waals surface area contributed by atoms with Gasteiger partial charge in [-0.3, -0.25) is 9.59 Å². The SMILES string of the molecule is CC(C)(C)OC(=O)N1CCC(NC(=O)ON2C(=O)CCC2=O)CC1. The first-order valence-corrected chi connectivity index (χ1v) is 7.98. The molecule has 2 heterocycles. The topological polar surface area (TPSA) is 105 Å². The number of hydrogen-bond acceptors (Lipinski definition) is 6. The summed E-state index contributed by atoms with van der Waals surface area (Å²) in [5, 5.41) is 3.11. The Hall–Kier alpha value is -2.32. The average Bonchev–Trinajstić information content (AvgIpc) is 2.78. The van der Waals surface area contributed by atoms with Gasteiger partial charge in [-0.1, -0.05) is 0 Å². The summed E-state index contributed by atoms with van der Waals surface area (Å²) in [5.41, 5.74) is -0.551. The number of rotatable bonds is 2. The van der Waals surface area contributed by atoms with Gasteiger partial charge in [-0.2, -0.15) is 0 Å². The number of nitrogens with zero attached hydrogens (tertiary/aromatic N) is 2. The second kappa shape index (κ2) is 7.06. The average molecular weight is 341 g/mol. The number of hydrogen-bond donors (Lipinski definition) is 1. The van der Waals surface area contributed by atoms with E-state index in [1.807, 2.05) is 0 Å². The molecule has 2 aliphatic rings. The minimum absolute atomic E-state index is 0.0559. The Morgan fingerprint density at radius 1 is 1.08 bits per heavy atom. The van der Waals surface area contributed by atoms with Crippen molar-refractivity contribution in [3.63, 3.8) is 0 Å². The van der Waals surface area contributed by atoms with Crippen LogP contribution in [0.2, 0.25) is 0 Å². The lowest BCUT2D eigenvalue weighted by Gasteiger charge is -2.33. The van der Waals surface area contributed by atoms with E-state index in [2.05, 4.69) is 5.32 Å². The van der Waals surface area contributed by atoms with Gasteiger partial charge in [0.2, 0.25) is 0 Å². The summed E-state index contributed by atoms with van der Waals surface area (Å²) in [7, 11) is 0. The molecule has 2 fully saturated rings. The van der Waals surface area contributed by atoms with Crippen LogP contribution < -0.4 is 5.32 Å². The number of nitrogens with one attached hydrogen (secondary N) is 1. The molecule has 2 saturated heterocycles. The predicted octanol–water partition coefficient (Wildman–Crippen LogP) is 1.18. The number of piperidine rings is 1. The molecular weight excluding hydrogens is 318 g/mol. The number of carbonyl (C=O) groups is 4. The van der Waals surface area contributed by atoms with Crippen LogP contribution in [-0.2, 0) is 19.2 Å². The molecule has 0 aromatic rings. The molecule has 0 spiro atoms. The summed E-state index contributed by atoms with van der Waals surface area (Å²) in [4.78, 5) is 52.8. The Kier molecular flexibility index (Phi) is 5.30. The van der Waals surface area contributed by atoms with Crippen molar-refractivity contribution < 1.29 is 28.8 Å². The van der Waals surface area contributed by atoms with Gasteiger partial charge in [0.15, 0.2) is 0 Å². The maximum absolute atomic E-state index is 12.0. The fraction of sp³-hybridized carbons (Fsp3) is 0.733. The van der Waals surface area contributed by atoms with Crippen LogP contribution in [-0.4, -0.2) is 58.7 Å². The number of imide groups is 1. The molecule has 0 saturated carbocycles. The van der Waals surface area contributed by atoms with Crippen molar-refractivity contribution in [3.8, 4) is 0 Å².